The molecule has 1 atom stereocenters. The van der Waals surface area contributed by atoms with Crippen LogP contribution in [0.25, 0.3) is 11.5 Å². The summed E-state index contributed by atoms with van der Waals surface area (Å²) in [6.45, 7) is 5.18. The van der Waals surface area contributed by atoms with Crippen molar-refractivity contribution in [3.05, 3.63) is 24.3 Å². The second-order valence-corrected chi connectivity index (χ2v) is 8.13. The fourth-order valence-corrected chi connectivity index (χ4v) is 4.26. The van der Waals surface area contributed by atoms with Crippen LogP contribution >= 0.6 is 11.8 Å². The molecule has 0 spiro atoms. The van der Waals surface area contributed by atoms with Gasteiger partial charge >= 0.3 is 0 Å². The zero-order chi connectivity index (χ0) is 20.1. The largest absolute Gasteiger partial charge is 0.497 e. The fourth-order valence-electron chi connectivity index (χ4n) is 3.59. The summed E-state index contributed by atoms with van der Waals surface area (Å²) in [5, 5.41) is 8.52. The van der Waals surface area contributed by atoms with Gasteiger partial charge in [0.1, 0.15) is 5.75 Å². The minimum atomic E-state index is 0.107. The van der Waals surface area contributed by atoms with E-state index < -0.39 is 0 Å². The van der Waals surface area contributed by atoms with Gasteiger partial charge in [-0.3, -0.25) is 9.69 Å². The third-order valence-corrected chi connectivity index (χ3v) is 6.08. The summed E-state index contributed by atoms with van der Waals surface area (Å²) >= 11 is 1.28. The van der Waals surface area contributed by atoms with Gasteiger partial charge in [-0.1, -0.05) is 11.8 Å². The van der Waals surface area contributed by atoms with Crippen LogP contribution in [-0.2, 0) is 9.53 Å². The SMILES string of the molecule is COc1ccc(-c2nnc(SCC(=O)N3CCN(CC4CCCO4)CC3)o2)cc1. The minimum absolute atomic E-state index is 0.107. The van der Waals surface area contributed by atoms with Crippen molar-refractivity contribution in [2.24, 2.45) is 0 Å². The maximum atomic E-state index is 12.5. The van der Waals surface area contributed by atoms with Crippen molar-refractivity contribution < 1.29 is 18.7 Å². The Kier molecular flexibility index (Phi) is 6.68. The van der Waals surface area contributed by atoms with Crippen molar-refractivity contribution >= 4 is 17.7 Å². The lowest BCUT2D eigenvalue weighted by molar-refractivity contribution is -0.130. The van der Waals surface area contributed by atoms with E-state index in [1.807, 2.05) is 29.2 Å². The highest BCUT2D eigenvalue weighted by Gasteiger charge is 2.25. The number of piperazine rings is 1. The standard InChI is InChI=1S/C20H26N4O4S/c1-26-16-6-4-15(5-7-16)19-21-22-20(28-19)29-14-18(25)24-10-8-23(9-11-24)13-17-3-2-12-27-17/h4-7,17H,2-3,8-14H2,1H3. The first-order valence-electron chi connectivity index (χ1n) is 9.94. The Labute approximate surface area is 174 Å². The van der Waals surface area contributed by atoms with E-state index >= 15 is 0 Å². The molecule has 2 aromatic rings. The third-order valence-electron chi connectivity index (χ3n) is 5.27. The van der Waals surface area contributed by atoms with Crippen molar-refractivity contribution in [3.63, 3.8) is 0 Å². The Bertz CT molecular complexity index is 799. The minimum Gasteiger partial charge on any atom is -0.497 e. The van der Waals surface area contributed by atoms with Crippen molar-refractivity contribution in [1.29, 1.82) is 0 Å². The zero-order valence-electron chi connectivity index (χ0n) is 16.6. The molecule has 8 nitrogen and oxygen atoms in total. The summed E-state index contributed by atoms with van der Waals surface area (Å²) < 4.78 is 16.5. The van der Waals surface area contributed by atoms with E-state index in [-0.39, 0.29) is 5.91 Å². The second-order valence-electron chi connectivity index (χ2n) is 7.21. The number of benzene rings is 1. The Morgan fingerprint density at radius 3 is 2.69 bits per heavy atom. The highest BCUT2D eigenvalue weighted by molar-refractivity contribution is 7.99. The molecule has 156 valence electrons. The van der Waals surface area contributed by atoms with Gasteiger partial charge in [0.2, 0.25) is 11.8 Å². The maximum absolute atomic E-state index is 12.5. The third kappa shape index (κ3) is 5.29. The number of carbonyl (C=O) groups excluding carboxylic acids is 1. The summed E-state index contributed by atoms with van der Waals surface area (Å²) in [7, 11) is 1.62. The molecule has 1 amide bonds. The van der Waals surface area contributed by atoms with Gasteiger partial charge in [0.25, 0.3) is 5.22 Å². The Morgan fingerprint density at radius 2 is 2.00 bits per heavy atom. The Hall–Kier alpha value is -2.10. The van der Waals surface area contributed by atoms with Crippen molar-refractivity contribution in [2.45, 2.75) is 24.2 Å². The Morgan fingerprint density at radius 1 is 1.21 bits per heavy atom. The van der Waals surface area contributed by atoms with Gasteiger partial charge in [-0.25, -0.2) is 0 Å². The molecule has 2 fully saturated rings. The van der Waals surface area contributed by atoms with Crippen LogP contribution in [0.5, 0.6) is 5.75 Å². The van der Waals surface area contributed by atoms with Crippen LogP contribution in [0.1, 0.15) is 12.8 Å². The molecule has 1 aromatic heterocycles. The number of nitrogens with zero attached hydrogens (tertiary/aromatic N) is 4. The highest BCUT2D eigenvalue weighted by Crippen LogP contribution is 2.25. The molecule has 1 unspecified atom stereocenters. The summed E-state index contributed by atoms with van der Waals surface area (Å²) in [6, 6.07) is 7.41. The van der Waals surface area contributed by atoms with Gasteiger partial charge in [-0.2, -0.15) is 0 Å². The van der Waals surface area contributed by atoms with Crippen LogP contribution in [0.2, 0.25) is 0 Å². The number of aromatic nitrogens is 2. The summed E-state index contributed by atoms with van der Waals surface area (Å²) in [5.41, 5.74) is 0.818. The quantitative estimate of drug-likeness (QED) is 0.633. The lowest BCUT2D eigenvalue weighted by Crippen LogP contribution is -2.50. The van der Waals surface area contributed by atoms with Crippen LogP contribution in [0.4, 0.5) is 0 Å². The molecule has 2 aliphatic rings. The highest BCUT2D eigenvalue weighted by atomic mass is 32.2. The molecule has 0 saturated carbocycles. The first-order valence-corrected chi connectivity index (χ1v) is 10.9. The summed E-state index contributed by atoms with van der Waals surface area (Å²) in [4.78, 5) is 16.8. The second kappa shape index (κ2) is 9.60. The molecule has 29 heavy (non-hydrogen) atoms. The number of carbonyl (C=O) groups is 1. The molecule has 0 N–H and O–H groups in total. The monoisotopic (exact) mass is 418 g/mol. The molecule has 0 radical (unpaired) electrons. The molecule has 2 aliphatic heterocycles. The predicted octanol–water partition coefficient (Wildman–Crippen LogP) is 2.16. The molecule has 3 heterocycles. The van der Waals surface area contributed by atoms with E-state index in [1.165, 1.54) is 11.8 Å². The molecule has 4 rings (SSSR count). The number of amides is 1. The van der Waals surface area contributed by atoms with Crippen molar-refractivity contribution in [3.8, 4) is 17.2 Å². The summed E-state index contributed by atoms with van der Waals surface area (Å²) in [5.74, 6) is 1.61. The predicted molar refractivity (Wildman–Crippen MR) is 109 cm³/mol. The van der Waals surface area contributed by atoms with Crippen LogP contribution < -0.4 is 4.74 Å². The molecule has 9 heteroatoms. The van der Waals surface area contributed by atoms with Crippen molar-refractivity contribution in [1.82, 2.24) is 20.0 Å². The smallest absolute Gasteiger partial charge is 0.277 e. The van der Waals surface area contributed by atoms with E-state index in [9.17, 15) is 4.79 Å². The maximum Gasteiger partial charge on any atom is 0.277 e. The van der Waals surface area contributed by atoms with Gasteiger partial charge in [0.05, 0.1) is 19.0 Å². The number of rotatable bonds is 7. The number of ether oxygens (including phenoxy) is 2. The van der Waals surface area contributed by atoms with Crippen LogP contribution in [-0.4, -0.2) is 84.2 Å². The van der Waals surface area contributed by atoms with E-state index in [4.69, 9.17) is 13.9 Å². The van der Waals surface area contributed by atoms with Crippen molar-refractivity contribution in [2.75, 3.05) is 52.2 Å². The van der Waals surface area contributed by atoms with Gasteiger partial charge in [-0.15, -0.1) is 10.2 Å². The lowest BCUT2D eigenvalue weighted by atomic mass is 10.2. The molecule has 0 aliphatic carbocycles. The van der Waals surface area contributed by atoms with E-state index in [0.717, 1.165) is 63.5 Å². The topological polar surface area (TPSA) is 80.9 Å². The van der Waals surface area contributed by atoms with Gasteiger partial charge in [0.15, 0.2) is 0 Å². The van der Waals surface area contributed by atoms with Crippen LogP contribution in [0.3, 0.4) is 0 Å². The number of hydrogen-bond donors (Lipinski definition) is 0. The number of thioether (sulfide) groups is 1. The average molecular weight is 419 g/mol. The molecule has 1 aromatic carbocycles. The number of methoxy groups -OCH3 is 1. The summed E-state index contributed by atoms with van der Waals surface area (Å²) in [6.07, 6.45) is 2.68. The fraction of sp³-hybridized carbons (Fsp3) is 0.550. The first kappa shape index (κ1) is 20.2. The van der Waals surface area contributed by atoms with Crippen LogP contribution in [0, 0.1) is 0 Å². The molecule has 0 bridgehead atoms. The Balaban J connectivity index is 1.22. The molecule has 2 saturated heterocycles. The molecular weight excluding hydrogens is 392 g/mol. The van der Waals surface area contributed by atoms with Gasteiger partial charge in [-0.05, 0) is 37.1 Å². The van der Waals surface area contributed by atoms with E-state index in [2.05, 4.69) is 15.1 Å². The van der Waals surface area contributed by atoms with E-state index in [0.29, 0.717) is 23.0 Å². The average Bonchev–Trinajstić information content (AvgIpc) is 3.45. The van der Waals surface area contributed by atoms with E-state index in [1.54, 1.807) is 7.11 Å². The zero-order valence-corrected chi connectivity index (χ0v) is 17.4. The normalized spacial score (nSPS) is 20.2. The van der Waals surface area contributed by atoms with Gasteiger partial charge in [0, 0.05) is 44.9 Å². The number of hydrogen-bond acceptors (Lipinski definition) is 8. The molecular formula is C20H26N4O4S. The van der Waals surface area contributed by atoms with Crippen LogP contribution in [0.15, 0.2) is 33.9 Å². The van der Waals surface area contributed by atoms with Gasteiger partial charge < -0.3 is 18.8 Å². The first-order chi connectivity index (χ1) is 14.2. The lowest BCUT2D eigenvalue weighted by Gasteiger charge is -2.35.